The van der Waals surface area contributed by atoms with E-state index in [9.17, 15) is 9.18 Å². The number of aryl methyl sites for hydroxylation is 1. The average molecular weight is 556 g/mol. The second kappa shape index (κ2) is 11.8. The summed E-state index contributed by atoms with van der Waals surface area (Å²) in [6, 6.07) is 23.7. The zero-order valence-corrected chi connectivity index (χ0v) is 23.7. The van der Waals surface area contributed by atoms with Crippen LogP contribution in [0.25, 0.3) is 11.8 Å². The lowest BCUT2D eigenvalue weighted by Gasteiger charge is -2.12. The largest absolute Gasteiger partial charge is 0.497 e. The highest BCUT2D eigenvalue weighted by Crippen LogP contribution is 2.35. The van der Waals surface area contributed by atoms with Gasteiger partial charge < -0.3 is 14.0 Å². The molecule has 204 valence electrons. The van der Waals surface area contributed by atoms with E-state index in [2.05, 4.69) is 10.6 Å². The normalized spacial score (nSPS) is 15.3. The third-order valence-electron chi connectivity index (χ3n) is 6.67. The molecule has 1 aromatic heterocycles. The Labute approximate surface area is 237 Å². The maximum absolute atomic E-state index is 13.2. The molecule has 0 unspecified atom stereocenters. The van der Waals surface area contributed by atoms with Crippen molar-refractivity contribution in [2.45, 2.75) is 27.4 Å². The van der Waals surface area contributed by atoms with Crippen LogP contribution in [0, 0.1) is 19.7 Å². The zero-order valence-electron chi connectivity index (χ0n) is 22.8. The van der Waals surface area contributed by atoms with Gasteiger partial charge in [-0.1, -0.05) is 12.1 Å². The molecule has 1 amide bonds. The molecule has 1 aliphatic heterocycles. The quantitative estimate of drug-likeness (QED) is 0.212. The van der Waals surface area contributed by atoms with Crippen molar-refractivity contribution in [2.24, 2.45) is 4.99 Å². The fourth-order valence-corrected chi connectivity index (χ4v) is 5.60. The summed E-state index contributed by atoms with van der Waals surface area (Å²) in [7, 11) is 1.63. The van der Waals surface area contributed by atoms with Gasteiger partial charge in [0.05, 0.1) is 17.7 Å². The monoisotopic (exact) mass is 555 g/mol. The van der Waals surface area contributed by atoms with Gasteiger partial charge in [0.1, 0.15) is 23.9 Å². The number of halogens is 1. The van der Waals surface area contributed by atoms with E-state index in [1.807, 2.05) is 75.4 Å². The number of carbonyl (C=O) groups is 1. The molecule has 6 nitrogen and oxygen atoms in total. The molecule has 0 N–H and O–H groups in total. The zero-order chi connectivity index (χ0) is 28.2. The molecule has 0 aliphatic carbocycles. The first-order chi connectivity index (χ1) is 19.4. The second-order valence-electron chi connectivity index (χ2n) is 9.32. The lowest BCUT2D eigenvalue weighted by Crippen LogP contribution is -2.28. The number of carbonyl (C=O) groups excluding carboxylic acids is 1. The van der Waals surface area contributed by atoms with Gasteiger partial charge >= 0.3 is 0 Å². The van der Waals surface area contributed by atoms with E-state index < -0.39 is 0 Å². The van der Waals surface area contributed by atoms with Crippen molar-refractivity contribution in [1.29, 1.82) is 0 Å². The van der Waals surface area contributed by atoms with Gasteiger partial charge in [0.15, 0.2) is 5.17 Å². The number of methoxy groups -OCH3 is 1. The molecular weight excluding hydrogens is 525 g/mol. The predicted octanol–water partition coefficient (Wildman–Crippen LogP) is 7.44. The lowest BCUT2D eigenvalue weighted by molar-refractivity contribution is -0.122. The maximum atomic E-state index is 13.2. The van der Waals surface area contributed by atoms with E-state index in [0.29, 0.717) is 23.2 Å². The van der Waals surface area contributed by atoms with Crippen molar-refractivity contribution in [3.8, 4) is 17.2 Å². The van der Waals surface area contributed by atoms with Crippen LogP contribution in [0.1, 0.15) is 29.4 Å². The number of ether oxygens (including phenoxy) is 2. The number of aliphatic imine (C=N–C) groups is 1. The van der Waals surface area contributed by atoms with E-state index in [1.165, 1.54) is 23.9 Å². The molecule has 0 radical (unpaired) electrons. The van der Waals surface area contributed by atoms with Crippen LogP contribution >= 0.6 is 11.8 Å². The first-order valence-electron chi connectivity index (χ1n) is 13.0. The van der Waals surface area contributed by atoms with Gasteiger partial charge in [-0.25, -0.2) is 9.38 Å². The van der Waals surface area contributed by atoms with Gasteiger partial charge in [0.2, 0.25) is 0 Å². The summed E-state index contributed by atoms with van der Waals surface area (Å²) >= 11 is 1.39. The van der Waals surface area contributed by atoms with Crippen molar-refractivity contribution >= 4 is 34.6 Å². The summed E-state index contributed by atoms with van der Waals surface area (Å²) in [5, 5.41) is 0.661. The van der Waals surface area contributed by atoms with E-state index >= 15 is 0 Å². The van der Waals surface area contributed by atoms with Gasteiger partial charge in [-0.05, 0) is 116 Å². The third-order valence-corrected chi connectivity index (χ3v) is 7.68. The average Bonchev–Trinajstić information content (AvgIpc) is 3.42. The molecule has 1 aliphatic rings. The molecule has 1 fully saturated rings. The number of hydrogen-bond donors (Lipinski definition) is 0. The Hall–Kier alpha value is -4.30. The van der Waals surface area contributed by atoms with E-state index in [0.717, 1.165) is 45.4 Å². The number of amidine groups is 1. The Bertz CT molecular complexity index is 1570. The molecule has 3 aromatic carbocycles. The van der Waals surface area contributed by atoms with Crippen LogP contribution in [0.15, 0.2) is 88.8 Å². The predicted molar refractivity (Wildman–Crippen MR) is 159 cm³/mol. The van der Waals surface area contributed by atoms with E-state index in [4.69, 9.17) is 14.5 Å². The highest BCUT2D eigenvalue weighted by molar-refractivity contribution is 8.18. The van der Waals surface area contributed by atoms with Crippen molar-refractivity contribution in [3.63, 3.8) is 0 Å². The van der Waals surface area contributed by atoms with E-state index in [1.54, 1.807) is 24.1 Å². The Morgan fingerprint density at radius 1 is 0.950 bits per heavy atom. The molecule has 40 heavy (non-hydrogen) atoms. The van der Waals surface area contributed by atoms with Crippen LogP contribution in [0.5, 0.6) is 11.5 Å². The molecule has 1 saturated heterocycles. The molecule has 0 saturated carbocycles. The number of amides is 1. The molecule has 0 bridgehead atoms. The maximum Gasteiger partial charge on any atom is 0.266 e. The lowest BCUT2D eigenvalue weighted by atomic mass is 10.2. The van der Waals surface area contributed by atoms with Crippen LogP contribution in [0.2, 0.25) is 0 Å². The third kappa shape index (κ3) is 5.82. The van der Waals surface area contributed by atoms with Crippen LogP contribution in [0.4, 0.5) is 10.1 Å². The van der Waals surface area contributed by atoms with Gasteiger partial charge in [0.25, 0.3) is 5.91 Å². The fourth-order valence-electron chi connectivity index (χ4n) is 4.55. The van der Waals surface area contributed by atoms with Crippen molar-refractivity contribution in [1.82, 2.24) is 9.47 Å². The smallest absolute Gasteiger partial charge is 0.266 e. The SMILES string of the molecule is CCN1C(=O)/C(=C\c2cc(C)n(-c3ccc(OCc4ccc(F)cc4)cc3)c2C)SC1=Nc1ccc(OC)cc1. The van der Waals surface area contributed by atoms with Crippen LogP contribution < -0.4 is 9.47 Å². The minimum absolute atomic E-state index is 0.0489. The molecule has 2 heterocycles. The number of rotatable bonds is 8. The topological polar surface area (TPSA) is 56.1 Å². The van der Waals surface area contributed by atoms with E-state index in [-0.39, 0.29) is 11.7 Å². The number of aromatic nitrogens is 1. The first kappa shape index (κ1) is 27.3. The standard InChI is InChI=1S/C32H30FN3O3S/c1-5-35-31(37)30(40-32(35)34-26-10-14-28(38-4)15-11-26)19-24-18-21(2)36(22(24)3)27-12-16-29(17-13-27)39-20-23-6-8-25(33)9-7-23/h6-19H,5,20H2,1-4H3/b30-19+,34-32?. The summed E-state index contributed by atoms with van der Waals surface area (Å²) in [6.45, 7) is 6.94. The number of nitrogens with zero attached hydrogens (tertiary/aromatic N) is 3. The molecule has 8 heteroatoms. The first-order valence-corrected chi connectivity index (χ1v) is 13.8. The summed E-state index contributed by atoms with van der Waals surface area (Å²) in [5.41, 5.74) is 5.72. The second-order valence-corrected chi connectivity index (χ2v) is 10.3. The number of benzene rings is 3. The number of likely N-dealkylation sites (N-methyl/N-ethyl adjacent to an activating group) is 1. The molecule has 4 aromatic rings. The van der Waals surface area contributed by atoms with Crippen LogP contribution in [-0.4, -0.2) is 34.2 Å². The van der Waals surface area contributed by atoms with Crippen LogP contribution in [0.3, 0.4) is 0 Å². The summed E-state index contributed by atoms with van der Waals surface area (Å²) in [4.78, 5) is 20.3. The molecular formula is C32H30FN3O3S. The van der Waals surface area contributed by atoms with Gasteiger partial charge in [-0.3, -0.25) is 9.69 Å². The molecule has 0 atom stereocenters. The van der Waals surface area contributed by atoms with Gasteiger partial charge in [0, 0.05) is 23.6 Å². The highest BCUT2D eigenvalue weighted by atomic mass is 32.2. The van der Waals surface area contributed by atoms with Crippen molar-refractivity contribution in [3.05, 3.63) is 112 Å². The summed E-state index contributed by atoms with van der Waals surface area (Å²) in [5.74, 6) is 1.18. The van der Waals surface area contributed by atoms with Gasteiger partial charge in [-0.2, -0.15) is 0 Å². The van der Waals surface area contributed by atoms with Crippen LogP contribution in [-0.2, 0) is 11.4 Å². The highest BCUT2D eigenvalue weighted by Gasteiger charge is 2.32. The minimum Gasteiger partial charge on any atom is -0.497 e. The molecule has 5 rings (SSSR count). The summed E-state index contributed by atoms with van der Waals surface area (Å²) < 4.78 is 26.4. The minimum atomic E-state index is -0.263. The number of thioether (sulfide) groups is 1. The Kier molecular flexibility index (Phi) is 8.07. The Morgan fingerprint density at radius 3 is 2.27 bits per heavy atom. The molecule has 0 spiro atoms. The fraction of sp³-hybridized carbons (Fsp3) is 0.188. The van der Waals surface area contributed by atoms with Crippen molar-refractivity contribution < 1.29 is 18.7 Å². The summed E-state index contributed by atoms with van der Waals surface area (Å²) in [6.07, 6.45) is 1.95. The Morgan fingerprint density at radius 2 is 1.62 bits per heavy atom. The van der Waals surface area contributed by atoms with Gasteiger partial charge in [-0.15, -0.1) is 0 Å². The van der Waals surface area contributed by atoms with Crippen molar-refractivity contribution in [2.75, 3.05) is 13.7 Å². The Balaban J connectivity index is 1.35. The number of hydrogen-bond acceptors (Lipinski definition) is 5.